The van der Waals surface area contributed by atoms with Gasteiger partial charge in [-0.3, -0.25) is 4.79 Å². The van der Waals surface area contributed by atoms with Gasteiger partial charge < -0.3 is 15.2 Å². The monoisotopic (exact) mass is 187 g/mol. The van der Waals surface area contributed by atoms with E-state index in [4.69, 9.17) is 9.84 Å². The first-order valence-corrected chi connectivity index (χ1v) is 4.83. The molecule has 1 aliphatic rings. The number of aliphatic carboxylic acids is 1. The van der Waals surface area contributed by atoms with E-state index in [1.165, 1.54) is 0 Å². The summed E-state index contributed by atoms with van der Waals surface area (Å²) in [6.45, 7) is 2.63. The molecule has 1 aliphatic heterocycles. The molecule has 1 atom stereocenters. The zero-order valence-electron chi connectivity index (χ0n) is 7.79. The zero-order chi connectivity index (χ0) is 9.52. The van der Waals surface area contributed by atoms with Crippen molar-refractivity contribution in [3.05, 3.63) is 0 Å². The highest BCUT2D eigenvalue weighted by Crippen LogP contribution is 2.08. The Labute approximate surface area is 78.3 Å². The second-order valence-corrected chi connectivity index (χ2v) is 3.34. The van der Waals surface area contributed by atoms with Crippen LogP contribution in [0.15, 0.2) is 0 Å². The third-order valence-electron chi connectivity index (χ3n) is 2.17. The van der Waals surface area contributed by atoms with Gasteiger partial charge in [-0.15, -0.1) is 0 Å². The summed E-state index contributed by atoms with van der Waals surface area (Å²) in [4.78, 5) is 10.2. The molecule has 0 radical (unpaired) electrons. The van der Waals surface area contributed by atoms with Crippen molar-refractivity contribution in [2.24, 2.45) is 0 Å². The van der Waals surface area contributed by atoms with Crippen LogP contribution in [-0.4, -0.2) is 36.9 Å². The molecule has 1 heterocycles. The Morgan fingerprint density at radius 2 is 2.38 bits per heavy atom. The molecule has 0 aromatic rings. The fourth-order valence-corrected chi connectivity index (χ4v) is 1.45. The van der Waals surface area contributed by atoms with Crippen LogP contribution < -0.4 is 5.32 Å². The molecule has 4 nitrogen and oxygen atoms in total. The molecule has 0 saturated carbocycles. The highest BCUT2D eigenvalue weighted by molar-refractivity contribution is 5.66. The Kier molecular flexibility index (Phi) is 4.78. The SMILES string of the molecule is O=C(O)CCCCC1CNCCO1. The van der Waals surface area contributed by atoms with Crippen molar-refractivity contribution >= 4 is 5.97 Å². The Morgan fingerprint density at radius 1 is 1.54 bits per heavy atom. The lowest BCUT2D eigenvalue weighted by atomic mass is 10.1. The number of carbonyl (C=O) groups is 1. The summed E-state index contributed by atoms with van der Waals surface area (Å²) >= 11 is 0. The Hall–Kier alpha value is -0.610. The van der Waals surface area contributed by atoms with Gasteiger partial charge in [-0.2, -0.15) is 0 Å². The van der Waals surface area contributed by atoms with Crippen LogP contribution in [0.3, 0.4) is 0 Å². The third kappa shape index (κ3) is 4.85. The zero-order valence-corrected chi connectivity index (χ0v) is 7.79. The van der Waals surface area contributed by atoms with Crippen molar-refractivity contribution < 1.29 is 14.6 Å². The molecule has 76 valence electrons. The van der Waals surface area contributed by atoms with E-state index in [2.05, 4.69) is 5.32 Å². The number of morpholine rings is 1. The van der Waals surface area contributed by atoms with Crippen molar-refractivity contribution in [1.29, 1.82) is 0 Å². The Morgan fingerprint density at radius 3 is 3.00 bits per heavy atom. The van der Waals surface area contributed by atoms with Gasteiger partial charge in [-0.05, 0) is 12.8 Å². The molecule has 1 fully saturated rings. The maximum absolute atomic E-state index is 10.2. The fourth-order valence-electron chi connectivity index (χ4n) is 1.45. The van der Waals surface area contributed by atoms with Gasteiger partial charge in [0.25, 0.3) is 0 Å². The number of carboxylic acids is 1. The lowest BCUT2D eigenvalue weighted by Crippen LogP contribution is -2.38. The Balaban J connectivity index is 1.95. The average molecular weight is 187 g/mol. The largest absolute Gasteiger partial charge is 0.481 e. The molecule has 0 aliphatic carbocycles. The van der Waals surface area contributed by atoms with Crippen LogP contribution in [-0.2, 0) is 9.53 Å². The first-order valence-electron chi connectivity index (χ1n) is 4.83. The van der Waals surface area contributed by atoms with Crippen LogP contribution in [0.4, 0.5) is 0 Å². The van der Waals surface area contributed by atoms with Crippen molar-refractivity contribution in [2.45, 2.75) is 31.8 Å². The lowest BCUT2D eigenvalue weighted by molar-refractivity contribution is -0.137. The van der Waals surface area contributed by atoms with Gasteiger partial charge in [0.05, 0.1) is 12.7 Å². The summed E-state index contributed by atoms with van der Waals surface area (Å²) in [7, 11) is 0. The molecule has 0 amide bonds. The fraction of sp³-hybridized carbons (Fsp3) is 0.889. The second-order valence-electron chi connectivity index (χ2n) is 3.34. The molecule has 0 aromatic heterocycles. The van der Waals surface area contributed by atoms with Crippen LogP contribution >= 0.6 is 0 Å². The number of ether oxygens (including phenoxy) is 1. The third-order valence-corrected chi connectivity index (χ3v) is 2.17. The van der Waals surface area contributed by atoms with Crippen molar-refractivity contribution in [3.63, 3.8) is 0 Å². The molecule has 1 rings (SSSR count). The van der Waals surface area contributed by atoms with Crippen molar-refractivity contribution in [3.8, 4) is 0 Å². The van der Waals surface area contributed by atoms with Crippen molar-refractivity contribution in [2.75, 3.05) is 19.7 Å². The van der Waals surface area contributed by atoms with E-state index in [-0.39, 0.29) is 6.42 Å². The molecule has 0 spiro atoms. The number of rotatable bonds is 5. The maximum Gasteiger partial charge on any atom is 0.303 e. The number of hydrogen-bond donors (Lipinski definition) is 2. The number of hydrogen-bond acceptors (Lipinski definition) is 3. The van der Waals surface area contributed by atoms with Gasteiger partial charge in [-0.25, -0.2) is 0 Å². The maximum atomic E-state index is 10.2. The number of carboxylic acid groups (broad SMARTS) is 1. The summed E-state index contributed by atoms with van der Waals surface area (Å²) in [5.74, 6) is -0.706. The van der Waals surface area contributed by atoms with E-state index in [1.807, 2.05) is 0 Å². The quantitative estimate of drug-likeness (QED) is 0.619. The smallest absolute Gasteiger partial charge is 0.303 e. The molecule has 1 saturated heterocycles. The number of nitrogens with one attached hydrogen (secondary N) is 1. The predicted octanol–water partition coefficient (Wildman–Crippen LogP) is 0.620. The van der Waals surface area contributed by atoms with E-state index in [1.54, 1.807) is 0 Å². The van der Waals surface area contributed by atoms with Crippen molar-refractivity contribution in [1.82, 2.24) is 5.32 Å². The lowest BCUT2D eigenvalue weighted by Gasteiger charge is -2.23. The molecular weight excluding hydrogens is 170 g/mol. The minimum atomic E-state index is -0.706. The first-order chi connectivity index (χ1) is 6.29. The van der Waals surface area contributed by atoms with Gasteiger partial charge in [0.1, 0.15) is 0 Å². The van der Waals surface area contributed by atoms with Crippen LogP contribution in [0.2, 0.25) is 0 Å². The highest BCUT2D eigenvalue weighted by Gasteiger charge is 2.12. The average Bonchev–Trinajstić information content (AvgIpc) is 2.14. The summed E-state index contributed by atoms with van der Waals surface area (Å²) in [6, 6.07) is 0. The van der Waals surface area contributed by atoms with Gasteiger partial charge >= 0.3 is 5.97 Å². The normalized spacial score (nSPS) is 22.9. The molecule has 2 N–H and O–H groups in total. The molecule has 1 unspecified atom stereocenters. The Bertz CT molecular complexity index is 155. The van der Waals surface area contributed by atoms with Gasteiger partial charge in [0.2, 0.25) is 0 Å². The molecule has 0 bridgehead atoms. The molecule has 4 heteroatoms. The molecule has 0 aromatic carbocycles. The van der Waals surface area contributed by atoms with Crippen LogP contribution in [0.1, 0.15) is 25.7 Å². The molecule has 13 heavy (non-hydrogen) atoms. The topological polar surface area (TPSA) is 58.6 Å². The van der Waals surface area contributed by atoms with Crippen LogP contribution in [0.25, 0.3) is 0 Å². The number of unbranched alkanes of at least 4 members (excludes halogenated alkanes) is 1. The second kappa shape index (κ2) is 5.94. The summed E-state index contributed by atoms with van der Waals surface area (Å²) in [5, 5.41) is 11.7. The molecular formula is C9H17NO3. The standard InChI is InChI=1S/C9H17NO3/c11-9(12)4-2-1-3-8-7-10-5-6-13-8/h8,10H,1-7H2,(H,11,12). The van der Waals surface area contributed by atoms with E-state index < -0.39 is 5.97 Å². The summed E-state index contributed by atoms with van der Waals surface area (Å²) in [6.07, 6.45) is 3.25. The summed E-state index contributed by atoms with van der Waals surface area (Å²) < 4.78 is 5.48. The minimum Gasteiger partial charge on any atom is -0.481 e. The highest BCUT2D eigenvalue weighted by atomic mass is 16.5. The van der Waals surface area contributed by atoms with E-state index in [9.17, 15) is 4.79 Å². The van der Waals surface area contributed by atoms with E-state index >= 15 is 0 Å². The van der Waals surface area contributed by atoms with E-state index in [0.717, 1.165) is 39.0 Å². The minimum absolute atomic E-state index is 0.278. The van der Waals surface area contributed by atoms with Gasteiger partial charge in [0.15, 0.2) is 0 Å². The first kappa shape index (κ1) is 10.5. The van der Waals surface area contributed by atoms with Gasteiger partial charge in [-0.1, -0.05) is 6.42 Å². The van der Waals surface area contributed by atoms with Gasteiger partial charge in [0, 0.05) is 19.5 Å². The van der Waals surface area contributed by atoms with Crippen LogP contribution in [0.5, 0.6) is 0 Å². The summed E-state index contributed by atoms with van der Waals surface area (Å²) in [5.41, 5.74) is 0. The van der Waals surface area contributed by atoms with E-state index in [0.29, 0.717) is 6.10 Å². The predicted molar refractivity (Wildman–Crippen MR) is 48.7 cm³/mol. The van der Waals surface area contributed by atoms with Crippen LogP contribution in [0, 0.1) is 0 Å².